The summed E-state index contributed by atoms with van der Waals surface area (Å²) >= 11 is 0. The van der Waals surface area contributed by atoms with Crippen LogP contribution >= 0.6 is 0 Å². The molecule has 1 N–H and O–H groups in total. The van der Waals surface area contributed by atoms with Gasteiger partial charge in [0.25, 0.3) is 5.91 Å². The molecule has 0 radical (unpaired) electrons. The molecule has 1 saturated heterocycles. The zero-order valence-electron chi connectivity index (χ0n) is 15.4. The number of likely N-dealkylation sites (N-methyl/N-ethyl adjacent to an activating group) is 1. The zero-order chi connectivity index (χ0) is 18.5. The second kappa shape index (κ2) is 8.43. The van der Waals surface area contributed by atoms with Crippen LogP contribution in [-0.2, 0) is 0 Å². The molecule has 3 rings (SSSR count). The Morgan fingerprint density at radius 1 is 1.00 bits per heavy atom. The molecular weight excluding hydrogens is 329 g/mol. The van der Waals surface area contributed by atoms with Crippen LogP contribution in [0.25, 0.3) is 0 Å². The molecule has 2 aromatic carbocycles. The summed E-state index contributed by atoms with van der Waals surface area (Å²) in [6, 6.07) is 16.0. The molecule has 138 valence electrons. The van der Waals surface area contributed by atoms with E-state index in [1.54, 1.807) is 0 Å². The van der Waals surface area contributed by atoms with Gasteiger partial charge in [0.15, 0.2) is 0 Å². The molecule has 0 bridgehead atoms. The Morgan fingerprint density at radius 2 is 1.62 bits per heavy atom. The van der Waals surface area contributed by atoms with E-state index in [-0.39, 0.29) is 23.8 Å². The number of nitrogens with one attached hydrogen (secondary N) is 1. The number of hydrogen-bond donors (Lipinski definition) is 1. The highest BCUT2D eigenvalue weighted by Gasteiger charge is 2.29. The van der Waals surface area contributed by atoms with Crippen molar-refractivity contribution in [2.75, 3.05) is 33.2 Å². The monoisotopic (exact) mass is 355 g/mol. The van der Waals surface area contributed by atoms with Crippen molar-refractivity contribution in [3.63, 3.8) is 0 Å². The largest absolute Gasteiger partial charge is 0.348 e. The molecule has 0 unspecified atom stereocenters. The number of hydrogen-bond acceptors (Lipinski definition) is 3. The van der Waals surface area contributed by atoms with E-state index in [0.29, 0.717) is 5.56 Å². The minimum absolute atomic E-state index is 0.0710. The van der Waals surface area contributed by atoms with Gasteiger partial charge < -0.3 is 10.2 Å². The van der Waals surface area contributed by atoms with E-state index in [1.807, 2.05) is 25.1 Å². The molecule has 2 aromatic rings. The zero-order valence-corrected chi connectivity index (χ0v) is 15.4. The van der Waals surface area contributed by atoms with Crippen molar-refractivity contribution >= 4 is 5.91 Å². The minimum Gasteiger partial charge on any atom is -0.348 e. The molecule has 1 amide bonds. The van der Waals surface area contributed by atoms with Crippen LogP contribution in [-0.4, -0.2) is 55.0 Å². The Balaban J connectivity index is 1.77. The number of carbonyl (C=O) groups is 1. The lowest BCUT2D eigenvalue weighted by Crippen LogP contribution is -2.51. The van der Waals surface area contributed by atoms with Crippen molar-refractivity contribution in [3.8, 4) is 0 Å². The quantitative estimate of drug-likeness (QED) is 0.896. The summed E-state index contributed by atoms with van der Waals surface area (Å²) < 4.78 is 13.1. The fourth-order valence-electron chi connectivity index (χ4n) is 3.54. The van der Waals surface area contributed by atoms with E-state index in [9.17, 15) is 9.18 Å². The Labute approximate surface area is 154 Å². The average molecular weight is 355 g/mol. The summed E-state index contributed by atoms with van der Waals surface area (Å²) in [6.45, 7) is 6.00. The Hall–Kier alpha value is -2.24. The Kier molecular flexibility index (Phi) is 6.01. The lowest BCUT2D eigenvalue weighted by atomic mass is 9.97. The third-order valence-electron chi connectivity index (χ3n) is 5.01. The summed E-state index contributed by atoms with van der Waals surface area (Å²) in [5.41, 5.74) is 1.67. The van der Waals surface area contributed by atoms with E-state index in [0.717, 1.165) is 26.2 Å². The van der Waals surface area contributed by atoms with Gasteiger partial charge in [-0.2, -0.15) is 0 Å². The summed E-state index contributed by atoms with van der Waals surface area (Å²) in [5.74, 6) is -0.512. The summed E-state index contributed by atoms with van der Waals surface area (Å²) in [7, 11) is 2.13. The van der Waals surface area contributed by atoms with Crippen molar-refractivity contribution < 1.29 is 9.18 Å². The smallest absolute Gasteiger partial charge is 0.251 e. The second-order valence-electron chi connectivity index (χ2n) is 6.96. The van der Waals surface area contributed by atoms with Crippen LogP contribution in [0.5, 0.6) is 0 Å². The van der Waals surface area contributed by atoms with Gasteiger partial charge >= 0.3 is 0 Å². The maximum atomic E-state index is 13.1. The van der Waals surface area contributed by atoms with Crippen molar-refractivity contribution in [2.45, 2.75) is 19.0 Å². The van der Waals surface area contributed by atoms with Crippen molar-refractivity contribution in [2.24, 2.45) is 0 Å². The van der Waals surface area contributed by atoms with Crippen molar-refractivity contribution in [1.29, 1.82) is 0 Å². The molecule has 4 nitrogen and oxygen atoms in total. The Bertz CT molecular complexity index is 712. The number of benzene rings is 2. The van der Waals surface area contributed by atoms with Gasteiger partial charge in [0.2, 0.25) is 0 Å². The number of piperazine rings is 1. The van der Waals surface area contributed by atoms with E-state index in [1.165, 1.54) is 29.8 Å². The minimum atomic E-state index is -0.339. The molecule has 0 aromatic heterocycles. The van der Waals surface area contributed by atoms with Gasteiger partial charge in [0, 0.05) is 37.8 Å². The lowest BCUT2D eigenvalue weighted by molar-refractivity contribution is 0.0791. The van der Waals surface area contributed by atoms with Gasteiger partial charge in [-0.1, -0.05) is 30.3 Å². The maximum absolute atomic E-state index is 13.1. The van der Waals surface area contributed by atoms with E-state index < -0.39 is 0 Å². The van der Waals surface area contributed by atoms with Crippen LogP contribution in [0.15, 0.2) is 54.6 Å². The molecule has 1 aliphatic heterocycles. The number of halogens is 1. The van der Waals surface area contributed by atoms with E-state index in [2.05, 4.69) is 34.3 Å². The average Bonchev–Trinajstić information content (AvgIpc) is 2.65. The van der Waals surface area contributed by atoms with Crippen LogP contribution < -0.4 is 5.32 Å². The van der Waals surface area contributed by atoms with Gasteiger partial charge in [0.05, 0.1) is 6.04 Å². The Morgan fingerprint density at radius 3 is 2.23 bits per heavy atom. The third-order valence-corrected chi connectivity index (χ3v) is 5.01. The summed E-state index contributed by atoms with van der Waals surface area (Å²) in [4.78, 5) is 17.3. The molecule has 2 atom stereocenters. The van der Waals surface area contributed by atoms with Gasteiger partial charge in [-0.3, -0.25) is 9.69 Å². The van der Waals surface area contributed by atoms with Crippen LogP contribution in [0.3, 0.4) is 0 Å². The summed E-state index contributed by atoms with van der Waals surface area (Å²) in [6.07, 6.45) is 0. The molecule has 0 spiro atoms. The first-order valence-corrected chi connectivity index (χ1v) is 9.08. The van der Waals surface area contributed by atoms with Gasteiger partial charge in [-0.25, -0.2) is 4.39 Å². The number of nitrogens with zero attached hydrogens (tertiary/aromatic N) is 2. The fraction of sp³-hybridized carbons (Fsp3) is 0.381. The lowest BCUT2D eigenvalue weighted by Gasteiger charge is -2.41. The number of amides is 1. The van der Waals surface area contributed by atoms with E-state index >= 15 is 0 Å². The van der Waals surface area contributed by atoms with Crippen LogP contribution in [0.4, 0.5) is 4.39 Å². The normalized spacial score (nSPS) is 18.3. The molecule has 0 aliphatic carbocycles. The first kappa shape index (κ1) is 18.5. The highest BCUT2D eigenvalue weighted by Crippen LogP contribution is 2.25. The molecule has 0 saturated carbocycles. The van der Waals surface area contributed by atoms with Gasteiger partial charge in [0.1, 0.15) is 5.82 Å². The van der Waals surface area contributed by atoms with Crippen LogP contribution in [0.1, 0.15) is 28.9 Å². The second-order valence-corrected chi connectivity index (χ2v) is 6.96. The molecule has 26 heavy (non-hydrogen) atoms. The molecule has 5 heteroatoms. The third kappa shape index (κ3) is 4.48. The predicted molar refractivity (Wildman–Crippen MR) is 102 cm³/mol. The first-order valence-electron chi connectivity index (χ1n) is 9.08. The molecular formula is C21H26FN3O. The highest BCUT2D eigenvalue weighted by molar-refractivity contribution is 5.94. The van der Waals surface area contributed by atoms with Crippen molar-refractivity contribution in [3.05, 3.63) is 71.5 Å². The molecule has 1 aliphatic rings. The topological polar surface area (TPSA) is 35.6 Å². The van der Waals surface area contributed by atoms with Gasteiger partial charge in [-0.05, 0) is 43.8 Å². The fourth-order valence-corrected chi connectivity index (χ4v) is 3.54. The summed E-state index contributed by atoms with van der Waals surface area (Å²) in [5, 5.41) is 3.11. The maximum Gasteiger partial charge on any atom is 0.251 e. The molecule has 1 fully saturated rings. The van der Waals surface area contributed by atoms with E-state index in [4.69, 9.17) is 0 Å². The SMILES string of the molecule is C[C@H](NC(=O)c1ccc(F)cc1)[C@@H](c1ccccc1)N1CCN(C)CC1. The first-order chi connectivity index (χ1) is 12.5. The number of carbonyl (C=O) groups excluding carboxylic acids is 1. The van der Waals surface area contributed by atoms with Gasteiger partial charge in [-0.15, -0.1) is 0 Å². The van der Waals surface area contributed by atoms with Crippen molar-refractivity contribution in [1.82, 2.24) is 15.1 Å². The highest BCUT2D eigenvalue weighted by atomic mass is 19.1. The standard InChI is InChI=1S/C21H26FN3O/c1-16(23-21(26)18-8-10-19(22)11-9-18)20(17-6-4-3-5-7-17)25-14-12-24(2)13-15-25/h3-11,16,20H,12-15H2,1-2H3,(H,23,26)/t16-,20-/m0/s1. The van der Waals surface area contributed by atoms with Crippen LogP contribution in [0, 0.1) is 5.82 Å². The predicted octanol–water partition coefficient (Wildman–Crippen LogP) is 2.93. The van der Waals surface area contributed by atoms with Crippen LogP contribution in [0.2, 0.25) is 0 Å². The molecule has 1 heterocycles. The number of rotatable bonds is 5.